The van der Waals surface area contributed by atoms with Crippen LogP contribution in [-0.4, -0.2) is 4.98 Å². The van der Waals surface area contributed by atoms with Gasteiger partial charge in [-0.05, 0) is 40.0 Å². The summed E-state index contributed by atoms with van der Waals surface area (Å²) in [6.07, 6.45) is 1.70. The third-order valence-corrected chi connectivity index (χ3v) is 4.90. The average molecular weight is 296 g/mol. The predicted molar refractivity (Wildman–Crippen MR) is 78.2 cm³/mol. The van der Waals surface area contributed by atoms with Crippen LogP contribution < -0.4 is 5.30 Å². The van der Waals surface area contributed by atoms with Gasteiger partial charge in [0.15, 0.2) is 0 Å². The zero-order valence-corrected chi connectivity index (χ0v) is 11.6. The fourth-order valence-corrected chi connectivity index (χ4v) is 3.71. The van der Waals surface area contributed by atoms with Gasteiger partial charge in [0, 0.05) is 17.0 Å². The van der Waals surface area contributed by atoms with Crippen LogP contribution in [0.2, 0.25) is 0 Å². The quantitative estimate of drug-likeness (QED) is 0.482. The van der Waals surface area contributed by atoms with Gasteiger partial charge < -0.3 is 0 Å². The van der Waals surface area contributed by atoms with E-state index in [1.165, 1.54) is 0 Å². The topological polar surface area (TPSA) is 30.0 Å². The Morgan fingerprint density at radius 2 is 1.67 bits per heavy atom. The normalized spacial score (nSPS) is 12.1. The van der Waals surface area contributed by atoms with Crippen LogP contribution in [-0.2, 0) is 4.57 Å². The maximum atomic E-state index is 12.0. The van der Waals surface area contributed by atoms with Crippen LogP contribution in [0.3, 0.4) is 0 Å². The number of benzene rings is 2. The van der Waals surface area contributed by atoms with Crippen LogP contribution in [0.4, 0.5) is 0 Å². The molecule has 0 saturated heterocycles. The van der Waals surface area contributed by atoms with Gasteiger partial charge in [0.05, 0.1) is 10.8 Å². The Bertz CT molecular complexity index is 797. The molecule has 0 spiro atoms. The summed E-state index contributed by atoms with van der Waals surface area (Å²) in [4.78, 5) is 4.35. The van der Waals surface area contributed by atoms with Gasteiger partial charge in [0.25, 0.3) is 5.85 Å². The molecule has 0 N–H and O–H groups in total. The minimum Gasteiger partial charge on any atom is -0.284 e. The van der Waals surface area contributed by atoms with Gasteiger partial charge in [0.1, 0.15) is 0 Å². The minimum absolute atomic E-state index is 0.452. The summed E-state index contributed by atoms with van der Waals surface area (Å²) in [7, 11) is 0. The largest absolute Gasteiger partial charge is 0.284 e. The second kappa shape index (κ2) is 4.24. The number of aromatic nitrogens is 1. The van der Waals surface area contributed by atoms with E-state index in [1.54, 1.807) is 18.3 Å². The Morgan fingerprint density at radius 3 is 2.44 bits per heavy atom. The van der Waals surface area contributed by atoms with E-state index in [4.69, 9.17) is 22.5 Å². The summed E-state index contributed by atoms with van der Waals surface area (Å²) >= 11 is 11.7. The first-order chi connectivity index (χ1) is 8.57. The minimum atomic E-state index is -3.36. The molecular weight excluding hydrogens is 288 g/mol. The molecule has 0 amide bonds. The van der Waals surface area contributed by atoms with Gasteiger partial charge in [-0.2, -0.15) is 0 Å². The van der Waals surface area contributed by atoms with Crippen molar-refractivity contribution in [3.63, 3.8) is 0 Å². The number of fused-ring (bicyclic) bond motifs is 3. The lowest BCUT2D eigenvalue weighted by Crippen LogP contribution is -2.00. The lowest BCUT2D eigenvalue weighted by atomic mass is 10.1. The van der Waals surface area contributed by atoms with Crippen molar-refractivity contribution in [3.8, 4) is 0 Å². The first kappa shape index (κ1) is 12.0. The molecule has 0 bridgehead atoms. The first-order valence-corrected chi connectivity index (χ1v) is 8.85. The zero-order chi connectivity index (χ0) is 12.8. The molecule has 0 aliphatic carbocycles. The molecule has 2 nitrogen and oxygen atoms in total. The number of rotatable bonds is 1. The molecule has 0 saturated carbocycles. The summed E-state index contributed by atoms with van der Waals surface area (Å²) < 4.78 is 12.0. The Kier molecular flexibility index (Phi) is 2.82. The highest BCUT2D eigenvalue weighted by Crippen LogP contribution is 2.56. The number of nitrogens with zero attached hydrogens (tertiary/aromatic N) is 1. The van der Waals surface area contributed by atoms with Gasteiger partial charge in [0.2, 0.25) is 0 Å². The summed E-state index contributed by atoms with van der Waals surface area (Å²) in [5, 5.41) is 3.12. The van der Waals surface area contributed by atoms with Crippen molar-refractivity contribution in [2.75, 3.05) is 0 Å². The van der Waals surface area contributed by atoms with Crippen molar-refractivity contribution < 1.29 is 4.57 Å². The molecule has 0 atom stereocenters. The monoisotopic (exact) mass is 295 g/mol. The summed E-state index contributed by atoms with van der Waals surface area (Å²) in [5.74, 6) is -3.36. The van der Waals surface area contributed by atoms with Crippen molar-refractivity contribution in [2.24, 2.45) is 0 Å². The zero-order valence-electron chi connectivity index (χ0n) is 9.18. The maximum absolute atomic E-state index is 12.0. The second-order valence-electron chi connectivity index (χ2n) is 3.98. The highest BCUT2D eigenvalue weighted by molar-refractivity contribution is 8.13. The highest BCUT2D eigenvalue weighted by atomic mass is 35.9. The Morgan fingerprint density at radius 1 is 0.944 bits per heavy atom. The van der Waals surface area contributed by atoms with E-state index in [1.807, 2.05) is 30.3 Å². The molecule has 3 rings (SSSR count). The van der Waals surface area contributed by atoms with Gasteiger partial charge >= 0.3 is 0 Å². The molecule has 0 aliphatic heterocycles. The first-order valence-electron chi connectivity index (χ1n) is 5.34. The van der Waals surface area contributed by atoms with Gasteiger partial charge in [-0.25, -0.2) is 0 Å². The Balaban J connectivity index is 2.59. The van der Waals surface area contributed by atoms with Crippen molar-refractivity contribution in [1.82, 2.24) is 4.98 Å². The third kappa shape index (κ3) is 1.91. The van der Waals surface area contributed by atoms with Crippen LogP contribution in [0.5, 0.6) is 0 Å². The lowest BCUT2D eigenvalue weighted by Gasteiger charge is -2.09. The number of pyridine rings is 1. The smallest absolute Gasteiger partial charge is 0.282 e. The van der Waals surface area contributed by atoms with Crippen molar-refractivity contribution in [3.05, 3.63) is 48.7 Å². The Labute approximate surface area is 113 Å². The average Bonchev–Trinajstić information content (AvgIpc) is 2.36. The van der Waals surface area contributed by atoms with E-state index in [0.717, 1.165) is 21.7 Å². The van der Waals surface area contributed by atoms with Gasteiger partial charge in [-0.15, -0.1) is 0 Å². The highest BCUT2D eigenvalue weighted by Gasteiger charge is 2.21. The molecule has 3 aromatic rings. The molecule has 0 aliphatic rings. The van der Waals surface area contributed by atoms with Gasteiger partial charge in [-0.3, -0.25) is 9.55 Å². The molecule has 2 aromatic carbocycles. The standard InChI is InChI=1S/C13H8Cl2NOP/c14-18(15,17)11-5-1-3-9-6-7-10-4-2-8-16-13(10)12(9)11/h1-8H. The molecule has 1 heterocycles. The van der Waals surface area contributed by atoms with Gasteiger partial charge in [-0.1, -0.05) is 30.3 Å². The van der Waals surface area contributed by atoms with Crippen LogP contribution >= 0.6 is 28.3 Å². The van der Waals surface area contributed by atoms with E-state index in [9.17, 15) is 4.57 Å². The van der Waals surface area contributed by atoms with E-state index >= 15 is 0 Å². The molecule has 5 heteroatoms. The molecule has 1 aromatic heterocycles. The number of hydrogen-bond donors (Lipinski definition) is 0. The van der Waals surface area contributed by atoms with E-state index < -0.39 is 5.85 Å². The van der Waals surface area contributed by atoms with Crippen molar-refractivity contribution >= 4 is 55.3 Å². The summed E-state index contributed by atoms with van der Waals surface area (Å²) in [6.45, 7) is 0. The fraction of sp³-hybridized carbons (Fsp3) is 0. The molecule has 0 fully saturated rings. The van der Waals surface area contributed by atoms with E-state index in [2.05, 4.69) is 4.98 Å². The lowest BCUT2D eigenvalue weighted by molar-refractivity contribution is 0.597. The Hall–Kier alpha value is -1.08. The molecule has 0 radical (unpaired) electrons. The number of halogens is 2. The predicted octanol–water partition coefficient (Wildman–Crippen LogP) is 4.68. The van der Waals surface area contributed by atoms with Crippen LogP contribution in [0.15, 0.2) is 48.7 Å². The summed E-state index contributed by atoms with van der Waals surface area (Å²) in [6, 6.07) is 13.1. The van der Waals surface area contributed by atoms with Crippen molar-refractivity contribution in [1.29, 1.82) is 0 Å². The third-order valence-electron chi connectivity index (χ3n) is 2.87. The molecule has 0 unspecified atom stereocenters. The van der Waals surface area contributed by atoms with E-state index in [-0.39, 0.29) is 0 Å². The van der Waals surface area contributed by atoms with Crippen molar-refractivity contribution in [2.45, 2.75) is 0 Å². The molecule has 18 heavy (non-hydrogen) atoms. The second-order valence-corrected chi connectivity index (χ2v) is 8.76. The SMILES string of the molecule is O=P(Cl)(Cl)c1cccc2ccc3cccnc3c12. The number of hydrogen-bond acceptors (Lipinski definition) is 2. The van der Waals surface area contributed by atoms with Crippen LogP contribution in [0, 0.1) is 0 Å². The van der Waals surface area contributed by atoms with Crippen LogP contribution in [0.25, 0.3) is 21.7 Å². The van der Waals surface area contributed by atoms with E-state index in [0.29, 0.717) is 5.30 Å². The molecule has 90 valence electrons. The molecular formula is C13H8Cl2NOP. The fourth-order valence-electron chi connectivity index (χ4n) is 2.11. The maximum Gasteiger partial charge on any atom is 0.282 e. The summed E-state index contributed by atoms with van der Waals surface area (Å²) in [5.41, 5.74) is 0.770. The van der Waals surface area contributed by atoms with Crippen LogP contribution in [0.1, 0.15) is 0 Å².